The van der Waals surface area contributed by atoms with Crippen LogP contribution in [0.1, 0.15) is 19.8 Å². The summed E-state index contributed by atoms with van der Waals surface area (Å²) in [6.45, 7) is 4.54. The molecule has 1 aromatic rings. The van der Waals surface area contributed by atoms with Gasteiger partial charge in [0.1, 0.15) is 0 Å². The maximum atomic E-state index is 5.70. The molecule has 1 aliphatic rings. The van der Waals surface area contributed by atoms with Crippen LogP contribution in [0.5, 0.6) is 6.01 Å². The highest BCUT2D eigenvalue weighted by Crippen LogP contribution is 2.18. The Bertz CT molecular complexity index is 382. The van der Waals surface area contributed by atoms with E-state index in [4.69, 9.17) is 10.5 Å². The van der Waals surface area contributed by atoms with Crippen molar-refractivity contribution >= 4 is 23.7 Å². The number of hydrogen-bond donors (Lipinski definition) is 1. The van der Waals surface area contributed by atoms with Crippen molar-refractivity contribution in [3.05, 3.63) is 0 Å². The third-order valence-corrected chi connectivity index (χ3v) is 3.61. The van der Waals surface area contributed by atoms with Crippen molar-refractivity contribution in [3.63, 3.8) is 0 Å². The van der Waals surface area contributed by atoms with Crippen molar-refractivity contribution in [2.24, 2.45) is 0 Å². The van der Waals surface area contributed by atoms with Crippen LogP contribution in [0.25, 0.3) is 0 Å². The molecule has 2 rings (SSSR count). The third-order valence-electron chi connectivity index (χ3n) is 2.56. The Balaban J connectivity index is 2.12. The normalized spacial score (nSPS) is 16.4. The van der Waals surface area contributed by atoms with E-state index in [0.29, 0.717) is 18.6 Å². The van der Waals surface area contributed by atoms with Gasteiger partial charge in [-0.2, -0.15) is 26.7 Å². The first kappa shape index (κ1) is 13.2. The Hall–Kier alpha value is -1.24. The molecule has 18 heavy (non-hydrogen) atoms. The van der Waals surface area contributed by atoms with E-state index in [-0.39, 0.29) is 5.95 Å². The van der Waals surface area contributed by atoms with Gasteiger partial charge in [0.25, 0.3) is 0 Å². The van der Waals surface area contributed by atoms with Crippen molar-refractivity contribution in [2.75, 3.05) is 41.8 Å². The number of anilines is 2. The van der Waals surface area contributed by atoms with Crippen LogP contribution in [0.3, 0.4) is 0 Å². The monoisotopic (exact) mass is 269 g/mol. The van der Waals surface area contributed by atoms with Crippen LogP contribution in [-0.2, 0) is 0 Å². The predicted octanol–water partition coefficient (Wildman–Crippen LogP) is 1.19. The van der Waals surface area contributed by atoms with Crippen LogP contribution in [0.2, 0.25) is 0 Å². The van der Waals surface area contributed by atoms with Crippen molar-refractivity contribution < 1.29 is 4.74 Å². The summed E-state index contributed by atoms with van der Waals surface area (Å²) in [4.78, 5) is 14.7. The van der Waals surface area contributed by atoms with Gasteiger partial charge in [-0.25, -0.2) is 0 Å². The summed E-state index contributed by atoms with van der Waals surface area (Å²) in [6, 6.07) is 0.330. The maximum Gasteiger partial charge on any atom is 0.323 e. The van der Waals surface area contributed by atoms with Crippen LogP contribution in [0, 0.1) is 0 Å². The van der Waals surface area contributed by atoms with Crippen LogP contribution < -0.4 is 15.4 Å². The zero-order chi connectivity index (χ0) is 12.8. The molecule has 0 atom stereocenters. The molecule has 0 aliphatic carbocycles. The fourth-order valence-corrected chi connectivity index (χ4v) is 2.59. The Morgan fingerprint density at radius 3 is 3.00 bits per heavy atom. The maximum absolute atomic E-state index is 5.70. The van der Waals surface area contributed by atoms with Crippen molar-refractivity contribution in [1.29, 1.82) is 0 Å². The number of nitrogens with two attached hydrogens (primary N) is 1. The van der Waals surface area contributed by atoms with E-state index in [1.807, 2.05) is 18.7 Å². The van der Waals surface area contributed by atoms with Gasteiger partial charge >= 0.3 is 6.01 Å². The molecule has 0 bridgehead atoms. The van der Waals surface area contributed by atoms with E-state index >= 15 is 0 Å². The molecule has 6 nitrogen and oxygen atoms in total. The summed E-state index contributed by atoms with van der Waals surface area (Å²) in [5.41, 5.74) is 5.70. The molecule has 100 valence electrons. The van der Waals surface area contributed by atoms with Crippen LogP contribution in [-0.4, -0.2) is 46.2 Å². The van der Waals surface area contributed by atoms with E-state index in [1.54, 1.807) is 0 Å². The highest BCUT2D eigenvalue weighted by Gasteiger charge is 2.15. The van der Waals surface area contributed by atoms with Gasteiger partial charge in [-0.3, -0.25) is 0 Å². The van der Waals surface area contributed by atoms with Gasteiger partial charge in [-0.05, 0) is 18.6 Å². The first-order valence-electron chi connectivity index (χ1n) is 6.26. The number of nitrogens with zero attached hydrogens (tertiary/aromatic N) is 4. The smallest absolute Gasteiger partial charge is 0.323 e. The number of thioether (sulfide) groups is 1. The SMILES string of the molecule is CCCOc1nc(N)nc(N2CCCSCC2)n1. The van der Waals surface area contributed by atoms with E-state index in [1.165, 1.54) is 5.75 Å². The Kier molecular flexibility index (Phi) is 4.86. The molecule has 1 aromatic heterocycles. The largest absolute Gasteiger partial charge is 0.463 e. The minimum absolute atomic E-state index is 0.225. The van der Waals surface area contributed by atoms with E-state index in [0.717, 1.165) is 31.7 Å². The summed E-state index contributed by atoms with van der Waals surface area (Å²) in [7, 11) is 0. The van der Waals surface area contributed by atoms with Gasteiger partial charge in [-0.1, -0.05) is 6.92 Å². The lowest BCUT2D eigenvalue weighted by Gasteiger charge is -2.20. The number of rotatable bonds is 4. The third kappa shape index (κ3) is 3.63. The Morgan fingerprint density at radius 2 is 2.17 bits per heavy atom. The summed E-state index contributed by atoms with van der Waals surface area (Å²) < 4.78 is 5.42. The molecule has 1 aliphatic heterocycles. The van der Waals surface area contributed by atoms with E-state index < -0.39 is 0 Å². The zero-order valence-electron chi connectivity index (χ0n) is 10.6. The second-order valence-electron chi connectivity index (χ2n) is 4.08. The molecule has 0 amide bonds. The molecule has 0 unspecified atom stereocenters. The number of hydrogen-bond acceptors (Lipinski definition) is 7. The second kappa shape index (κ2) is 6.63. The van der Waals surface area contributed by atoms with Crippen LogP contribution in [0.15, 0.2) is 0 Å². The van der Waals surface area contributed by atoms with Crippen LogP contribution in [0.4, 0.5) is 11.9 Å². The minimum atomic E-state index is 0.225. The average Bonchev–Trinajstić information content (AvgIpc) is 2.64. The summed E-state index contributed by atoms with van der Waals surface area (Å²) in [5, 5.41) is 0. The lowest BCUT2D eigenvalue weighted by atomic mass is 10.4. The second-order valence-corrected chi connectivity index (χ2v) is 5.30. The first-order chi connectivity index (χ1) is 8.79. The van der Waals surface area contributed by atoms with Gasteiger partial charge in [-0.15, -0.1) is 0 Å². The van der Waals surface area contributed by atoms with Gasteiger partial charge in [0, 0.05) is 18.8 Å². The lowest BCUT2D eigenvalue weighted by molar-refractivity contribution is 0.292. The fourth-order valence-electron chi connectivity index (χ4n) is 1.71. The Labute approximate surface area is 111 Å². The molecule has 0 spiro atoms. The van der Waals surface area contributed by atoms with Gasteiger partial charge < -0.3 is 15.4 Å². The van der Waals surface area contributed by atoms with Crippen molar-refractivity contribution in [1.82, 2.24) is 15.0 Å². The minimum Gasteiger partial charge on any atom is -0.463 e. The topological polar surface area (TPSA) is 77.2 Å². The fraction of sp³-hybridized carbons (Fsp3) is 0.727. The highest BCUT2D eigenvalue weighted by atomic mass is 32.2. The summed E-state index contributed by atoms with van der Waals surface area (Å²) in [6.07, 6.45) is 2.06. The Morgan fingerprint density at radius 1 is 1.28 bits per heavy atom. The van der Waals surface area contributed by atoms with Crippen molar-refractivity contribution in [2.45, 2.75) is 19.8 Å². The standard InChI is InChI=1S/C11H19N5OS/c1-2-6-17-11-14-9(12)13-10(15-11)16-4-3-7-18-8-5-16/h2-8H2,1H3,(H2,12,13,14,15). The molecular weight excluding hydrogens is 250 g/mol. The average molecular weight is 269 g/mol. The quantitative estimate of drug-likeness (QED) is 0.879. The molecular formula is C11H19N5OS. The molecule has 2 heterocycles. The molecule has 0 saturated carbocycles. The molecule has 1 fully saturated rings. The van der Waals surface area contributed by atoms with E-state index in [2.05, 4.69) is 19.9 Å². The predicted molar refractivity (Wildman–Crippen MR) is 74.2 cm³/mol. The van der Waals surface area contributed by atoms with E-state index in [9.17, 15) is 0 Å². The zero-order valence-corrected chi connectivity index (χ0v) is 11.4. The molecule has 7 heteroatoms. The first-order valence-corrected chi connectivity index (χ1v) is 7.42. The summed E-state index contributed by atoms with van der Waals surface area (Å²) >= 11 is 1.96. The number of aromatic nitrogens is 3. The molecule has 0 radical (unpaired) electrons. The number of ether oxygens (including phenoxy) is 1. The van der Waals surface area contributed by atoms with Gasteiger partial charge in [0.15, 0.2) is 0 Å². The van der Waals surface area contributed by atoms with Gasteiger partial charge in [0.05, 0.1) is 6.61 Å². The number of nitrogen functional groups attached to an aromatic ring is 1. The molecule has 0 aromatic carbocycles. The molecule has 2 N–H and O–H groups in total. The van der Waals surface area contributed by atoms with Crippen LogP contribution >= 0.6 is 11.8 Å². The summed E-state index contributed by atoms with van der Waals surface area (Å²) in [5.74, 6) is 3.15. The van der Waals surface area contributed by atoms with Gasteiger partial charge in [0.2, 0.25) is 11.9 Å². The lowest BCUT2D eigenvalue weighted by Crippen LogP contribution is -2.28. The molecule has 1 saturated heterocycles. The highest BCUT2D eigenvalue weighted by molar-refractivity contribution is 7.99. The van der Waals surface area contributed by atoms with Crippen molar-refractivity contribution in [3.8, 4) is 6.01 Å².